The van der Waals surface area contributed by atoms with Gasteiger partial charge in [0.15, 0.2) is 0 Å². The highest BCUT2D eigenvalue weighted by Gasteiger charge is 2.23. The number of nitrogens with zero attached hydrogens (tertiary/aromatic N) is 1. The van der Waals surface area contributed by atoms with E-state index in [0.717, 1.165) is 15.1 Å². The Bertz CT molecular complexity index is 1020. The van der Waals surface area contributed by atoms with Gasteiger partial charge in [0.25, 0.3) is 11.8 Å². The number of fused-ring (bicyclic) bond motifs is 1. The van der Waals surface area contributed by atoms with E-state index in [1.54, 1.807) is 30.6 Å². The summed E-state index contributed by atoms with van der Waals surface area (Å²) in [5.41, 5.74) is 3.96. The number of thiophene rings is 1. The third kappa shape index (κ3) is 3.44. The van der Waals surface area contributed by atoms with E-state index in [1.165, 1.54) is 29.8 Å². The van der Waals surface area contributed by atoms with Crippen LogP contribution in [0.4, 0.5) is 9.80 Å². The summed E-state index contributed by atoms with van der Waals surface area (Å²) in [5.74, 6) is -0.958. The molecule has 0 aliphatic rings. The van der Waals surface area contributed by atoms with Crippen molar-refractivity contribution in [1.29, 1.82) is 0 Å². The number of benzene rings is 1. The summed E-state index contributed by atoms with van der Waals surface area (Å²) in [6, 6.07) is 5.21. The van der Waals surface area contributed by atoms with Crippen molar-refractivity contribution >= 4 is 55.8 Å². The summed E-state index contributed by atoms with van der Waals surface area (Å²) in [6.07, 6.45) is -0.855. The summed E-state index contributed by atoms with van der Waals surface area (Å²) >= 11 is 2.72. The fraction of sp³-hybridized carbons (Fsp3) is 0.176. The van der Waals surface area contributed by atoms with E-state index in [9.17, 15) is 14.4 Å². The number of anilines is 1. The van der Waals surface area contributed by atoms with Gasteiger partial charge in [-0.15, -0.1) is 22.7 Å². The zero-order chi connectivity index (χ0) is 18.8. The largest absolute Gasteiger partial charge is 0.453 e. The molecule has 2 aromatic heterocycles. The number of rotatable bonds is 3. The zero-order valence-corrected chi connectivity index (χ0v) is 15.8. The molecule has 2 N–H and O–H groups in total. The predicted molar refractivity (Wildman–Crippen MR) is 101 cm³/mol. The molecule has 3 rings (SSSR count). The number of carbonyl (C=O) groups excluding carboxylic acids is 3. The number of amides is 3. The predicted octanol–water partition coefficient (Wildman–Crippen LogP) is 3.72. The topological polar surface area (TPSA) is 97.4 Å². The first-order chi connectivity index (χ1) is 12.4. The third-order valence-corrected chi connectivity index (χ3v) is 5.75. The fourth-order valence-electron chi connectivity index (χ4n) is 2.37. The van der Waals surface area contributed by atoms with Gasteiger partial charge in [-0.3, -0.25) is 14.9 Å². The van der Waals surface area contributed by atoms with Crippen molar-refractivity contribution in [1.82, 2.24) is 10.3 Å². The van der Waals surface area contributed by atoms with Gasteiger partial charge in [0.05, 0.1) is 28.4 Å². The smallest absolute Gasteiger partial charge is 0.413 e. The number of nitrogens with one attached hydrogen (secondary N) is 2. The molecule has 3 amide bonds. The van der Waals surface area contributed by atoms with Crippen LogP contribution in [0.2, 0.25) is 0 Å². The number of aryl methyl sites for hydroxylation is 1. The summed E-state index contributed by atoms with van der Waals surface area (Å²) < 4.78 is 5.36. The first-order valence-electron chi connectivity index (χ1n) is 7.54. The highest BCUT2D eigenvalue weighted by molar-refractivity contribution is 7.17. The maximum absolute atomic E-state index is 12.6. The van der Waals surface area contributed by atoms with Gasteiger partial charge in [-0.2, -0.15) is 0 Å². The molecule has 7 nitrogen and oxygen atoms in total. The Balaban J connectivity index is 1.89. The van der Waals surface area contributed by atoms with E-state index in [4.69, 9.17) is 0 Å². The Hall–Kier alpha value is -2.78. The van der Waals surface area contributed by atoms with Crippen molar-refractivity contribution in [3.05, 3.63) is 45.3 Å². The minimum Gasteiger partial charge on any atom is -0.453 e. The Labute approximate surface area is 157 Å². The maximum Gasteiger partial charge on any atom is 0.413 e. The molecular formula is C17H15N3O4S2. The van der Waals surface area contributed by atoms with E-state index in [1.807, 2.05) is 6.92 Å². The van der Waals surface area contributed by atoms with Gasteiger partial charge in [-0.05, 0) is 37.6 Å². The Morgan fingerprint density at radius 1 is 1.15 bits per heavy atom. The number of carbonyl (C=O) groups is 3. The van der Waals surface area contributed by atoms with Gasteiger partial charge in [-0.25, -0.2) is 9.78 Å². The molecule has 0 saturated heterocycles. The van der Waals surface area contributed by atoms with E-state index >= 15 is 0 Å². The normalized spacial score (nSPS) is 10.6. The number of thiazole rings is 1. The molecule has 0 fully saturated rings. The van der Waals surface area contributed by atoms with Crippen LogP contribution in [-0.4, -0.2) is 30.0 Å². The minimum atomic E-state index is -0.855. The maximum atomic E-state index is 12.6. The lowest BCUT2D eigenvalue weighted by molar-refractivity contribution is 0.0937. The van der Waals surface area contributed by atoms with Crippen LogP contribution in [0.25, 0.3) is 10.2 Å². The van der Waals surface area contributed by atoms with Crippen LogP contribution in [0.5, 0.6) is 0 Å². The Kier molecular flexibility index (Phi) is 5.01. The van der Waals surface area contributed by atoms with E-state index in [2.05, 4.69) is 20.4 Å². The van der Waals surface area contributed by atoms with Crippen molar-refractivity contribution in [3.8, 4) is 0 Å². The molecule has 2 heterocycles. The lowest BCUT2D eigenvalue weighted by atomic mass is 10.1. The molecule has 3 aromatic rings. The van der Waals surface area contributed by atoms with Gasteiger partial charge in [0.1, 0.15) is 5.00 Å². The first kappa shape index (κ1) is 18.0. The minimum absolute atomic E-state index is 0.255. The molecule has 0 bridgehead atoms. The van der Waals surface area contributed by atoms with Crippen molar-refractivity contribution in [2.75, 3.05) is 12.4 Å². The summed E-state index contributed by atoms with van der Waals surface area (Å²) in [4.78, 5) is 41.4. The average Bonchev–Trinajstić information content (AvgIpc) is 3.18. The summed E-state index contributed by atoms with van der Waals surface area (Å²) in [5, 5.41) is 5.28. The second kappa shape index (κ2) is 7.22. The lowest BCUT2D eigenvalue weighted by Gasteiger charge is -2.08. The molecule has 1 aromatic carbocycles. The first-order valence-corrected chi connectivity index (χ1v) is 9.24. The van der Waals surface area contributed by atoms with Crippen molar-refractivity contribution in [3.63, 3.8) is 0 Å². The number of imide groups is 1. The van der Waals surface area contributed by atoms with Crippen LogP contribution in [0, 0.1) is 13.8 Å². The van der Waals surface area contributed by atoms with Gasteiger partial charge >= 0.3 is 6.09 Å². The lowest BCUT2D eigenvalue weighted by Crippen LogP contribution is -2.31. The second-order valence-corrected chi connectivity index (χ2v) is 7.53. The van der Waals surface area contributed by atoms with Crippen LogP contribution in [0.1, 0.15) is 31.2 Å². The molecular weight excluding hydrogens is 374 g/mol. The summed E-state index contributed by atoms with van der Waals surface area (Å²) in [7, 11) is 1.17. The van der Waals surface area contributed by atoms with Crippen molar-refractivity contribution in [2.45, 2.75) is 13.8 Å². The SMILES string of the molecule is COC(=O)NC(=O)c1c(NC(=O)c2ccc3ncsc3c2)sc(C)c1C. The fourth-order valence-corrected chi connectivity index (χ4v) is 4.14. The van der Waals surface area contributed by atoms with Crippen molar-refractivity contribution < 1.29 is 19.1 Å². The number of aromatic nitrogens is 1. The van der Waals surface area contributed by atoms with E-state index in [0.29, 0.717) is 16.1 Å². The van der Waals surface area contributed by atoms with Crippen molar-refractivity contribution in [2.24, 2.45) is 0 Å². The molecule has 0 spiro atoms. The van der Waals surface area contributed by atoms with Gasteiger partial charge in [0.2, 0.25) is 0 Å². The highest BCUT2D eigenvalue weighted by Crippen LogP contribution is 2.33. The molecule has 0 unspecified atom stereocenters. The molecule has 0 aliphatic carbocycles. The molecule has 0 atom stereocenters. The van der Waals surface area contributed by atoms with Crippen LogP contribution >= 0.6 is 22.7 Å². The Morgan fingerprint density at radius 3 is 2.65 bits per heavy atom. The van der Waals surface area contributed by atoms with Gasteiger partial charge in [0, 0.05) is 10.4 Å². The van der Waals surface area contributed by atoms with Gasteiger partial charge in [-0.1, -0.05) is 0 Å². The van der Waals surface area contributed by atoms with Gasteiger partial charge < -0.3 is 10.1 Å². The quantitative estimate of drug-likeness (QED) is 0.711. The standard InChI is InChI=1S/C17H15N3O4S2/c1-8-9(2)26-16(13(8)15(22)20-17(23)24-3)19-14(21)10-4-5-11-12(6-10)25-7-18-11/h4-7H,1-3H3,(H,19,21)(H,20,22,23). The third-order valence-electron chi connectivity index (χ3n) is 3.83. The molecule has 26 heavy (non-hydrogen) atoms. The molecule has 0 aliphatic heterocycles. The Morgan fingerprint density at radius 2 is 1.92 bits per heavy atom. The van der Waals surface area contributed by atoms with E-state index < -0.39 is 12.0 Å². The molecule has 0 saturated carbocycles. The molecule has 0 radical (unpaired) electrons. The van der Waals surface area contributed by atoms with Crippen LogP contribution in [0.3, 0.4) is 0 Å². The monoisotopic (exact) mass is 389 g/mol. The summed E-state index contributed by atoms with van der Waals surface area (Å²) in [6.45, 7) is 3.60. The number of hydrogen-bond donors (Lipinski definition) is 2. The van der Waals surface area contributed by atoms with Crippen LogP contribution < -0.4 is 10.6 Å². The van der Waals surface area contributed by atoms with E-state index in [-0.39, 0.29) is 11.5 Å². The van der Waals surface area contributed by atoms with Crippen LogP contribution in [-0.2, 0) is 4.74 Å². The number of alkyl carbamates (subject to hydrolysis) is 1. The highest BCUT2D eigenvalue weighted by atomic mass is 32.1. The number of hydrogen-bond acceptors (Lipinski definition) is 7. The van der Waals surface area contributed by atoms with Crippen LogP contribution in [0.15, 0.2) is 23.7 Å². The molecule has 134 valence electrons. The zero-order valence-electron chi connectivity index (χ0n) is 14.2. The number of ether oxygens (including phenoxy) is 1. The average molecular weight is 389 g/mol. The molecule has 9 heteroatoms. The second-order valence-electron chi connectivity index (χ2n) is 5.42. The number of methoxy groups -OCH3 is 1.